The second kappa shape index (κ2) is 4.77. The summed E-state index contributed by atoms with van der Waals surface area (Å²) in [5.41, 5.74) is -1.63. The lowest BCUT2D eigenvalue weighted by Gasteiger charge is -2.64. The van der Waals surface area contributed by atoms with Crippen LogP contribution in [-0.4, -0.2) is 32.6 Å². The van der Waals surface area contributed by atoms with E-state index in [0.29, 0.717) is 47.8 Å². The van der Waals surface area contributed by atoms with Gasteiger partial charge in [-0.2, -0.15) is 0 Å². The van der Waals surface area contributed by atoms with Gasteiger partial charge in [-0.05, 0) is 86.4 Å². The lowest BCUT2D eigenvalue weighted by Crippen LogP contribution is -2.65. The summed E-state index contributed by atoms with van der Waals surface area (Å²) in [5.74, 6) is 10.0. The molecule has 12 atom stereocenters. The van der Waals surface area contributed by atoms with E-state index in [4.69, 9.17) is 0 Å². The molecular formula is C24H34O3. The molecule has 6 aliphatic rings. The maximum atomic E-state index is 11.8. The molecule has 0 heterocycles. The van der Waals surface area contributed by atoms with Crippen LogP contribution in [0.15, 0.2) is 0 Å². The summed E-state index contributed by atoms with van der Waals surface area (Å²) >= 11 is 0. The first kappa shape index (κ1) is 17.3. The Kier molecular flexibility index (Phi) is 3.06. The molecule has 0 saturated heterocycles. The predicted molar refractivity (Wildman–Crippen MR) is 102 cm³/mol. The highest BCUT2D eigenvalue weighted by Crippen LogP contribution is 2.81. The summed E-state index contributed by atoms with van der Waals surface area (Å²) in [6, 6.07) is 0. The first-order chi connectivity index (χ1) is 12.7. The van der Waals surface area contributed by atoms with Crippen molar-refractivity contribution in [3.8, 4) is 11.8 Å². The van der Waals surface area contributed by atoms with Crippen LogP contribution < -0.4 is 0 Å². The maximum absolute atomic E-state index is 11.8. The fraction of sp³-hybridized carbons (Fsp3) is 0.917. The van der Waals surface area contributed by atoms with Crippen molar-refractivity contribution in [2.24, 2.45) is 52.3 Å². The minimum Gasteiger partial charge on any atom is -0.393 e. The summed E-state index contributed by atoms with van der Waals surface area (Å²) in [4.78, 5) is 0. The van der Waals surface area contributed by atoms with E-state index in [9.17, 15) is 15.3 Å². The van der Waals surface area contributed by atoms with Crippen LogP contribution in [0.2, 0.25) is 0 Å². The zero-order valence-corrected chi connectivity index (χ0v) is 16.9. The molecule has 3 heteroatoms. The normalized spacial score (nSPS) is 67.6. The molecule has 0 radical (unpaired) electrons. The summed E-state index contributed by atoms with van der Waals surface area (Å²) in [7, 11) is 0. The molecule has 0 aliphatic heterocycles. The van der Waals surface area contributed by atoms with E-state index in [-0.39, 0.29) is 16.9 Å². The van der Waals surface area contributed by atoms with E-state index in [2.05, 4.69) is 25.7 Å². The molecule has 0 aromatic carbocycles. The van der Waals surface area contributed by atoms with Gasteiger partial charge >= 0.3 is 0 Å². The number of fused-ring (bicyclic) bond motifs is 10. The minimum absolute atomic E-state index is 0.0720. The fourth-order valence-electron chi connectivity index (χ4n) is 9.59. The van der Waals surface area contributed by atoms with Gasteiger partial charge in [0.2, 0.25) is 0 Å². The highest BCUT2D eigenvalue weighted by molar-refractivity contribution is 5.36. The van der Waals surface area contributed by atoms with Gasteiger partial charge < -0.3 is 15.3 Å². The Morgan fingerprint density at radius 3 is 2.33 bits per heavy atom. The Labute approximate surface area is 162 Å². The van der Waals surface area contributed by atoms with E-state index in [1.807, 2.05) is 6.92 Å². The van der Waals surface area contributed by atoms with Crippen molar-refractivity contribution in [3.05, 3.63) is 0 Å². The molecular weight excluding hydrogens is 336 g/mol. The predicted octanol–water partition coefficient (Wildman–Crippen LogP) is 2.97. The molecule has 0 spiro atoms. The molecule has 0 amide bonds. The first-order valence-corrected chi connectivity index (χ1v) is 11.3. The van der Waals surface area contributed by atoms with Gasteiger partial charge in [-0.3, -0.25) is 0 Å². The second-order valence-corrected chi connectivity index (χ2v) is 11.6. The highest BCUT2D eigenvalue weighted by Gasteiger charge is 2.81. The van der Waals surface area contributed by atoms with E-state index in [1.165, 1.54) is 0 Å². The van der Waals surface area contributed by atoms with Gasteiger partial charge in [-0.1, -0.05) is 19.8 Å². The van der Waals surface area contributed by atoms with Crippen LogP contribution in [0.4, 0.5) is 0 Å². The number of aliphatic hydroxyl groups is 3. The van der Waals surface area contributed by atoms with Crippen molar-refractivity contribution in [2.45, 2.75) is 83.0 Å². The Bertz CT molecular complexity index is 767. The third-order valence-corrected chi connectivity index (χ3v) is 10.9. The third-order valence-electron chi connectivity index (χ3n) is 10.9. The minimum atomic E-state index is -0.802. The lowest BCUT2D eigenvalue weighted by molar-refractivity contribution is -0.233. The van der Waals surface area contributed by atoms with Crippen molar-refractivity contribution in [3.63, 3.8) is 0 Å². The van der Waals surface area contributed by atoms with Crippen molar-refractivity contribution in [1.82, 2.24) is 0 Å². The second-order valence-electron chi connectivity index (χ2n) is 11.6. The van der Waals surface area contributed by atoms with Gasteiger partial charge in [0.05, 0.1) is 11.7 Å². The van der Waals surface area contributed by atoms with Crippen molar-refractivity contribution < 1.29 is 15.3 Å². The van der Waals surface area contributed by atoms with Crippen LogP contribution in [0, 0.1) is 64.1 Å². The number of hydrogen-bond donors (Lipinski definition) is 3. The maximum Gasteiger partial charge on any atom is 0.134 e. The first-order valence-electron chi connectivity index (χ1n) is 11.3. The molecule has 6 aliphatic carbocycles. The molecule has 148 valence electrons. The molecule has 3 nitrogen and oxygen atoms in total. The summed E-state index contributed by atoms with van der Waals surface area (Å²) in [6.45, 7) is 6.53. The van der Waals surface area contributed by atoms with Crippen LogP contribution >= 0.6 is 0 Å². The third kappa shape index (κ3) is 1.71. The summed E-state index contributed by atoms with van der Waals surface area (Å²) in [6.07, 6.45) is 6.43. The monoisotopic (exact) mass is 370 g/mol. The average Bonchev–Trinajstić information content (AvgIpc) is 3.49. The van der Waals surface area contributed by atoms with Crippen LogP contribution in [0.1, 0.15) is 65.7 Å². The van der Waals surface area contributed by atoms with Crippen molar-refractivity contribution in [1.29, 1.82) is 0 Å². The molecule has 5 unspecified atom stereocenters. The molecule has 0 aromatic heterocycles. The number of hydrogen-bond acceptors (Lipinski definition) is 3. The van der Waals surface area contributed by atoms with Gasteiger partial charge in [-0.25, -0.2) is 0 Å². The van der Waals surface area contributed by atoms with Crippen LogP contribution in [0.25, 0.3) is 0 Å². The Morgan fingerprint density at radius 1 is 0.889 bits per heavy atom. The van der Waals surface area contributed by atoms with Crippen LogP contribution in [0.5, 0.6) is 0 Å². The van der Waals surface area contributed by atoms with Gasteiger partial charge in [-0.15, -0.1) is 5.92 Å². The highest BCUT2D eigenvalue weighted by atomic mass is 16.3. The van der Waals surface area contributed by atoms with E-state index in [0.717, 1.165) is 38.5 Å². The van der Waals surface area contributed by atoms with E-state index < -0.39 is 11.2 Å². The standard InChI is InChI=1S/C24H34O3/c1-4-7-23(26)18-11-15(18)20-19-14-10-17(14)24(27)12-13(25)5-8-21(24,2)16(19)6-9-22(20,23)3/h13-20,25-27H,5-6,8-12H2,1-3H3/t13-,14?,15+,16?,17+,18?,19?,20?,21+,22-,23-,24+/m0/s1. The van der Waals surface area contributed by atoms with Crippen LogP contribution in [0.3, 0.4) is 0 Å². The smallest absolute Gasteiger partial charge is 0.134 e. The zero-order chi connectivity index (χ0) is 19.0. The average molecular weight is 371 g/mol. The molecule has 6 fully saturated rings. The van der Waals surface area contributed by atoms with Crippen LogP contribution in [-0.2, 0) is 0 Å². The lowest BCUT2D eigenvalue weighted by atomic mass is 9.42. The quantitative estimate of drug-likeness (QED) is 0.575. The van der Waals surface area contributed by atoms with Crippen molar-refractivity contribution in [2.75, 3.05) is 0 Å². The Hall–Kier alpha value is -0.560. The Morgan fingerprint density at radius 2 is 1.59 bits per heavy atom. The van der Waals surface area contributed by atoms with Gasteiger partial charge in [0.1, 0.15) is 5.60 Å². The molecule has 3 N–H and O–H groups in total. The number of rotatable bonds is 0. The van der Waals surface area contributed by atoms with Gasteiger partial charge in [0.25, 0.3) is 0 Å². The van der Waals surface area contributed by atoms with E-state index in [1.54, 1.807) is 0 Å². The van der Waals surface area contributed by atoms with Gasteiger partial charge in [0, 0.05) is 17.8 Å². The molecule has 0 bridgehead atoms. The van der Waals surface area contributed by atoms with Gasteiger partial charge in [0.15, 0.2) is 0 Å². The van der Waals surface area contributed by atoms with Crippen molar-refractivity contribution >= 4 is 0 Å². The van der Waals surface area contributed by atoms with E-state index >= 15 is 0 Å². The largest absolute Gasteiger partial charge is 0.393 e. The molecule has 6 saturated carbocycles. The SMILES string of the molecule is CC#C[C@]1(O)C2C[C@H]2C2C3C4C[C@H]4[C@]4(O)C[C@@H](O)CC[C@]4(C)C3CC[C@@]21C. The molecule has 0 aromatic rings. The summed E-state index contributed by atoms with van der Waals surface area (Å²) < 4.78 is 0. The molecule has 6 rings (SSSR count). The fourth-order valence-corrected chi connectivity index (χ4v) is 9.59. The Balaban J connectivity index is 1.44. The topological polar surface area (TPSA) is 60.7 Å². The summed E-state index contributed by atoms with van der Waals surface area (Å²) in [5, 5.41) is 33.8. The molecule has 27 heavy (non-hydrogen) atoms. The number of aliphatic hydroxyl groups excluding tert-OH is 1. The zero-order valence-electron chi connectivity index (χ0n) is 16.9.